The first kappa shape index (κ1) is 18.3. The summed E-state index contributed by atoms with van der Waals surface area (Å²) < 4.78 is 40.6. The van der Waals surface area contributed by atoms with Gasteiger partial charge in [0.05, 0.1) is 5.92 Å². The van der Waals surface area contributed by atoms with Crippen molar-refractivity contribution in [3.05, 3.63) is 30.1 Å². The Morgan fingerprint density at radius 3 is 2.52 bits per heavy atom. The number of rotatable bonds is 4. The van der Waals surface area contributed by atoms with Gasteiger partial charge in [0.1, 0.15) is 10.7 Å². The van der Waals surface area contributed by atoms with E-state index in [-0.39, 0.29) is 29.3 Å². The third-order valence-electron chi connectivity index (χ3n) is 5.16. The summed E-state index contributed by atoms with van der Waals surface area (Å²) in [5.41, 5.74) is 0. The van der Waals surface area contributed by atoms with E-state index in [9.17, 15) is 17.6 Å². The van der Waals surface area contributed by atoms with E-state index in [1.54, 1.807) is 0 Å². The Morgan fingerprint density at radius 1 is 1.08 bits per heavy atom. The van der Waals surface area contributed by atoms with Gasteiger partial charge in [0.15, 0.2) is 0 Å². The maximum Gasteiger partial charge on any atom is 0.246 e. The van der Waals surface area contributed by atoms with Crippen LogP contribution in [0, 0.1) is 11.7 Å². The quantitative estimate of drug-likeness (QED) is 0.889. The van der Waals surface area contributed by atoms with Crippen LogP contribution in [0.2, 0.25) is 0 Å². The number of amides is 1. The Bertz CT molecular complexity index is 717. The van der Waals surface area contributed by atoms with Crippen LogP contribution in [0.3, 0.4) is 0 Å². The fourth-order valence-electron chi connectivity index (χ4n) is 3.73. The number of hydrogen-bond acceptors (Lipinski definition) is 3. The number of hydrogen-bond donors (Lipinski definition) is 1. The lowest BCUT2D eigenvalue weighted by Crippen LogP contribution is -2.47. The Hall–Kier alpha value is -1.47. The average Bonchev–Trinajstić information content (AvgIpc) is 2.63. The third-order valence-corrected chi connectivity index (χ3v) is 7.06. The maximum atomic E-state index is 13.9. The highest BCUT2D eigenvalue weighted by Crippen LogP contribution is 2.26. The van der Waals surface area contributed by atoms with Crippen LogP contribution in [0.25, 0.3) is 0 Å². The Kier molecular flexibility index (Phi) is 5.74. The summed E-state index contributed by atoms with van der Waals surface area (Å²) in [6, 6.07) is 5.60. The van der Waals surface area contributed by atoms with Gasteiger partial charge in [-0.25, -0.2) is 12.8 Å². The van der Waals surface area contributed by atoms with Gasteiger partial charge in [0, 0.05) is 19.1 Å². The first-order chi connectivity index (χ1) is 12.0. The molecule has 0 unspecified atom stereocenters. The number of halogens is 1. The second-order valence-corrected chi connectivity index (χ2v) is 8.88. The molecule has 5 nitrogen and oxygen atoms in total. The molecule has 1 atom stereocenters. The van der Waals surface area contributed by atoms with Crippen LogP contribution in [-0.2, 0) is 14.8 Å². The molecule has 0 bridgehead atoms. The highest BCUT2D eigenvalue weighted by molar-refractivity contribution is 7.89. The molecular weight excluding hydrogens is 343 g/mol. The summed E-state index contributed by atoms with van der Waals surface area (Å²) in [6.45, 7) is 0.444. The lowest BCUT2D eigenvalue weighted by Gasteiger charge is -2.32. The molecule has 1 aliphatic carbocycles. The van der Waals surface area contributed by atoms with Crippen LogP contribution in [0.4, 0.5) is 4.39 Å². The minimum Gasteiger partial charge on any atom is -0.353 e. The normalized spacial score (nSPS) is 23.3. The molecule has 2 aliphatic rings. The zero-order chi connectivity index (χ0) is 17.9. The summed E-state index contributed by atoms with van der Waals surface area (Å²) in [5, 5.41) is 3.08. The van der Waals surface area contributed by atoms with E-state index in [1.807, 2.05) is 0 Å². The number of benzene rings is 1. The molecule has 1 amide bonds. The average molecular weight is 368 g/mol. The number of sulfonamides is 1. The van der Waals surface area contributed by atoms with Crippen molar-refractivity contribution in [1.29, 1.82) is 0 Å². The topological polar surface area (TPSA) is 66.5 Å². The van der Waals surface area contributed by atoms with Crippen molar-refractivity contribution in [1.82, 2.24) is 9.62 Å². The van der Waals surface area contributed by atoms with E-state index in [4.69, 9.17) is 0 Å². The van der Waals surface area contributed by atoms with Crippen LogP contribution in [0.15, 0.2) is 29.2 Å². The minimum absolute atomic E-state index is 0.0691. The van der Waals surface area contributed by atoms with E-state index in [0.717, 1.165) is 31.7 Å². The maximum absolute atomic E-state index is 13.9. The minimum atomic E-state index is -3.91. The van der Waals surface area contributed by atoms with Crippen LogP contribution in [0.1, 0.15) is 44.9 Å². The second-order valence-electron chi connectivity index (χ2n) is 6.98. The smallest absolute Gasteiger partial charge is 0.246 e. The highest BCUT2D eigenvalue weighted by atomic mass is 32.2. The van der Waals surface area contributed by atoms with E-state index >= 15 is 0 Å². The van der Waals surface area contributed by atoms with Gasteiger partial charge >= 0.3 is 0 Å². The van der Waals surface area contributed by atoms with E-state index in [0.29, 0.717) is 19.4 Å². The highest BCUT2D eigenvalue weighted by Gasteiger charge is 2.35. The van der Waals surface area contributed by atoms with Crippen LogP contribution < -0.4 is 5.32 Å². The van der Waals surface area contributed by atoms with Gasteiger partial charge in [-0.05, 0) is 37.8 Å². The summed E-state index contributed by atoms with van der Waals surface area (Å²) in [6.07, 6.45) is 6.74. The molecule has 0 radical (unpaired) electrons. The molecule has 7 heteroatoms. The van der Waals surface area contributed by atoms with E-state index in [2.05, 4.69) is 5.32 Å². The van der Waals surface area contributed by atoms with E-state index in [1.165, 1.54) is 28.9 Å². The van der Waals surface area contributed by atoms with E-state index < -0.39 is 15.8 Å². The van der Waals surface area contributed by atoms with Crippen molar-refractivity contribution >= 4 is 15.9 Å². The summed E-state index contributed by atoms with van der Waals surface area (Å²) >= 11 is 0. The molecule has 0 spiro atoms. The Labute approximate surface area is 148 Å². The lowest BCUT2D eigenvalue weighted by atomic mass is 9.93. The molecule has 1 aromatic rings. The van der Waals surface area contributed by atoms with Crippen molar-refractivity contribution in [3.8, 4) is 0 Å². The second kappa shape index (κ2) is 7.83. The standard InChI is InChI=1S/C18H25FN2O3S/c19-16-10-4-5-11-17(16)25(23,24)21-12-6-7-14(13-21)18(22)20-15-8-2-1-3-9-15/h4-5,10-11,14-15H,1-3,6-9,12-13H2,(H,20,22)/t14-/m0/s1. The Balaban J connectivity index is 1.68. The molecule has 1 saturated heterocycles. The van der Waals surface area contributed by atoms with Gasteiger partial charge in [0.25, 0.3) is 0 Å². The number of nitrogens with zero attached hydrogens (tertiary/aromatic N) is 1. The summed E-state index contributed by atoms with van der Waals surface area (Å²) in [7, 11) is -3.91. The number of nitrogens with one attached hydrogen (secondary N) is 1. The van der Waals surface area contributed by atoms with Gasteiger partial charge in [0.2, 0.25) is 15.9 Å². The van der Waals surface area contributed by atoms with Gasteiger partial charge in [-0.3, -0.25) is 4.79 Å². The molecule has 1 N–H and O–H groups in total. The molecule has 1 aliphatic heterocycles. The SMILES string of the molecule is O=C(NC1CCCCC1)[C@H]1CCCN(S(=O)(=O)c2ccccc2F)C1. The number of carbonyl (C=O) groups is 1. The molecule has 1 saturated carbocycles. The van der Waals surface area contributed by atoms with Crippen LogP contribution >= 0.6 is 0 Å². The number of carbonyl (C=O) groups excluding carboxylic acids is 1. The molecule has 1 heterocycles. The molecular formula is C18H25FN2O3S. The van der Waals surface area contributed by atoms with Gasteiger partial charge in [-0.1, -0.05) is 31.4 Å². The molecule has 25 heavy (non-hydrogen) atoms. The Morgan fingerprint density at radius 2 is 1.80 bits per heavy atom. The largest absolute Gasteiger partial charge is 0.353 e. The lowest BCUT2D eigenvalue weighted by molar-refractivity contribution is -0.127. The van der Waals surface area contributed by atoms with Gasteiger partial charge in [-0.2, -0.15) is 4.31 Å². The fraction of sp³-hybridized carbons (Fsp3) is 0.611. The van der Waals surface area contributed by atoms with Crippen molar-refractivity contribution < 1.29 is 17.6 Å². The zero-order valence-electron chi connectivity index (χ0n) is 14.3. The van der Waals surface area contributed by atoms with Crippen LogP contribution in [-0.4, -0.2) is 37.8 Å². The summed E-state index contributed by atoms with van der Waals surface area (Å²) in [5.74, 6) is -1.19. The third kappa shape index (κ3) is 4.20. The molecule has 1 aromatic carbocycles. The van der Waals surface area contributed by atoms with Gasteiger partial charge < -0.3 is 5.32 Å². The molecule has 3 rings (SSSR count). The molecule has 0 aromatic heterocycles. The summed E-state index contributed by atoms with van der Waals surface area (Å²) in [4.78, 5) is 12.2. The first-order valence-electron chi connectivity index (χ1n) is 9.03. The monoisotopic (exact) mass is 368 g/mol. The first-order valence-corrected chi connectivity index (χ1v) is 10.5. The molecule has 2 fully saturated rings. The zero-order valence-corrected chi connectivity index (χ0v) is 15.1. The molecule has 138 valence electrons. The van der Waals surface area contributed by atoms with Crippen molar-refractivity contribution in [2.75, 3.05) is 13.1 Å². The van der Waals surface area contributed by atoms with Crippen molar-refractivity contribution in [2.45, 2.75) is 55.9 Å². The van der Waals surface area contributed by atoms with Crippen LogP contribution in [0.5, 0.6) is 0 Å². The number of piperidine rings is 1. The fourth-order valence-corrected chi connectivity index (χ4v) is 5.32. The van der Waals surface area contributed by atoms with Crippen molar-refractivity contribution in [2.24, 2.45) is 5.92 Å². The predicted molar refractivity (Wildman–Crippen MR) is 92.9 cm³/mol. The predicted octanol–water partition coefficient (Wildman–Crippen LogP) is 2.68. The van der Waals surface area contributed by atoms with Crippen molar-refractivity contribution in [3.63, 3.8) is 0 Å². The van der Waals surface area contributed by atoms with Gasteiger partial charge in [-0.15, -0.1) is 0 Å².